The van der Waals surface area contributed by atoms with Crippen LogP contribution in [-0.2, 0) is 0 Å². The van der Waals surface area contributed by atoms with Crippen molar-refractivity contribution in [3.05, 3.63) is 0 Å². The Morgan fingerprint density at radius 2 is 1.65 bits per heavy atom. The lowest BCUT2D eigenvalue weighted by atomic mass is 9.82. The van der Waals surface area contributed by atoms with E-state index in [0.717, 1.165) is 17.9 Å². The van der Waals surface area contributed by atoms with Crippen LogP contribution in [0.25, 0.3) is 0 Å². The van der Waals surface area contributed by atoms with Gasteiger partial charge in [0, 0.05) is 12.1 Å². The first-order valence-electron chi connectivity index (χ1n) is 7.70. The fourth-order valence-electron chi connectivity index (χ4n) is 3.73. The van der Waals surface area contributed by atoms with Crippen LogP contribution in [0, 0.1) is 11.8 Å². The molecule has 1 heterocycles. The van der Waals surface area contributed by atoms with Crippen LogP contribution in [0.3, 0.4) is 0 Å². The summed E-state index contributed by atoms with van der Waals surface area (Å²) in [5, 5.41) is 0. The fourth-order valence-corrected chi connectivity index (χ4v) is 3.73. The highest BCUT2D eigenvalue weighted by Gasteiger charge is 2.29. The largest absolute Gasteiger partial charge is 0.328 e. The van der Waals surface area contributed by atoms with E-state index >= 15 is 0 Å². The lowest BCUT2D eigenvalue weighted by Gasteiger charge is -2.41. The normalized spacial score (nSPS) is 34.8. The molecule has 2 aliphatic rings. The van der Waals surface area contributed by atoms with Crippen molar-refractivity contribution >= 4 is 0 Å². The molecule has 1 unspecified atom stereocenters. The number of hydrogen-bond donors (Lipinski definition) is 1. The third kappa shape index (κ3) is 3.45. The van der Waals surface area contributed by atoms with Crippen LogP contribution in [0.4, 0.5) is 0 Å². The molecule has 1 saturated carbocycles. The molecular formula is C15H30N2. The van der Waals surface area contributed by atoms with Crippen molar-refractivity contribution in [3.8, 4) is 0 Å². The Bertz CT molecular complexity index is 211. The molecule has 0 bridgehead atoms. The number of likely N-dealkylation sites (tertiary alicyclic amines) is 1. The van der Waals surface area contributed by atoms with E-state index in [2.05, 4.69) is 18.7 Å². The minimum Gasteiger partial charge on any atom is -0.328 e. The zero-order valence-corrected chi connectivity index (χ0v) is 11.7. The second-order valence-electron chi connectivity index (χ2n) is 6.32. The summed E-state index contributed by atoms with van der Waals surface area (Å²) in [4.78, 5) is 2.75. The predicted octanol–water partition coefficient (Wildman–Crippen LogP) is 3.01. The van der Waals surface area contributed by atoms with E-state index < -0.39 is 0 Å². The quantitative estimate of drug-likeness (QED) is 0.819. The third-order valence-corrected chi connectivity index (χ3v) is 5.23. The second-order valence-corrected chi connectivity index (χ2v) is 6.32. The highest BCUT2D eigenvalue weighted by atomic mass is 15.2. The zero-order chi connectivity index (χ0) is 12.3. The van der Waals surface area contributed by atoms with E-state index in [-0.39, 0.29) is 0 Å². The van der Waals surface area contributed by atoms with Crippen LogP contribution in [0.5, 0.6) is 0 Å². The molecule has 0 aromatic heterocycles. The van der Waals surface area contributed by atoms with Crippen LogP contribution in [0.15, 0.2) is 0 Å². The maximum Gasteiger partial charge on any atom is 0.00954 e. The Balaban J connectivity index is 1.74. The molecule has 2 N–H and O–H groups in total. The van der Waals surface area contributed by atoms with Gasteiger partial charge in [0.2, 0.25) is 0 Å². The van der Waals surface area contributed by atoms with Crippen molar-refractivity contribution in [1.29, 1.82) is 0 Å². The van der Waals surface area contributed by atoms with E-state index in [1.165, 1.54) is 58.0 Å². The molecule has 0 aromatic rings. The van der Waals surface area contributed by atoms with Crippen LogP contribution in [0.1, 0.15) is 58.8 Å². The molecule has 1 atom stereocenters. The number of piperidine rings is 1. The summed E-state index contributed by atoms with van der Waals surface area (Å²) in [5.74, 6) is 1.80. The second kappa shape index (κ2) is 6.19. The van der Waals surface area contributed by atoms with Crippen LogP contribution < -0.4 is 5.73 Å². The van der Waals surface area contributed by atoms with Gasteiger partial charge in [-0.1, -0.05) is 13.3 Å². The molecule has 0 aromatic carbocycles. The Hall–Kier alpha value is -0.0800. The van der Waals surface area contributed by atoms with Crippen LogP contribution in [0.2, 0.25) is 0 Å². The Labute approximate surface area is 107 Å². The maximum absolute atomic E-state index is 6.01. The first-order valence-corrected chi connectivity index (χ1v) is 7.70. The Morgan fingerprint density at radius 3 is 2.12 bits per heavy atom. The number of rotatable bonds is 3. The third-order valence-electron chi connectivity index (χ3n) is 5.23. The smallest absolute Gasteiger partial charge is 0.00954 e. The molecule has 0 spiro atoms. The Kier molecular flexibility index (Phi) is 4.87. The van der Waals surface area contributed by atoms with Crippen LogP contribution in [-0.4, -0.2) is 30.1 Å². The summed E-state index contributed by atoms with van der Waals surface area (Å²) in [6.07, 6.45) is 9.86. The van der Waals surface area contributed by atoms with Crippen molar-refractivity contribution in [2.45, 2.75) is 70.9 Å². The van der Waals surface area contributed by atoms with E-state index in [1.54, 1.807) is 0 Å². The van der Waals surface area contributed by atoms with E-state index in [0.29, 0.717) is 6.04 Å². The van der Waals surface area contributed by atoms with Gasteiger partial charge in [-0.25, -0.2) is 0 Å². The summed E-state index contributed by atoms with van der Waals surface area (Å²) >= 11 is 0. The monoisotopic (exact) mass is 238 g/mol. The van der Waals surface area contributed by atoms with Gasteiger partial charge in [0.25, 0.3) is 0 Å². The molecule has 1 aliphatic carbocycles. The van der Waals surface area contributed by atoms with Gasteiger partial charge < -0.3 is 10.6 Å². The fraction of sp³-hybridized carbons (Fsp3) is 1.00. The molecule has 2 rings (SSSR count). The summed E-state index contributed by atoms with van der Waals surface area (Å²) in [7, 11) is 0. The average Bonchev–Trinajstić information content (AvgIpc) is 2.39. The van der Waals surface area contributed by atoms with Gasteiger partial charge >= 0.3 is 0 Å². The standard InChI is InChI=1S/C15H30N2/c1-3-13-4-6-15(7-5-13)17-10-8-14(9-11-17)12(2)16/h12-15H,3-11,16H2,1-2H3. The first-order chi connectivity index (χ1) is 8.20. The zero-order valence-electron chi connectivity index (χ0n) is 11.7. The summed E-state index contributed by atoms with van der Waals surface area (Å²) in [6.45, 7) is 7.12. The van der Waals surface area contributed by atoms with Gasteiger partial charge in [-0.2, -0.15) is 0 Å². The van der Waals surface area contributed by atoms with Crippen molar-refractivity contribution in [2.24, 2.45) is 17.6 Å². The van der Waals surface area contributed by atoms with E-state index in [9.17, 15) is 0 Å². The molecule has 2 fully saturated rings. The van der Waals surface area contributed by atoms with Crippen molar-refractivity contribution in [1.82, 2.24) is 4.90 Å². The molecule has 100 valence electrons. The molecule has 2 nitrogen and oxygen atoms in total. The minimum atomic E-state index is 0.396. The average molecular weight is 238 g/mol. The summed E-state index contributed by atoms with van der Waals surface area (Å²) < 4.78 is 0. The van der Waals surface area contributed by atoms with Gasteiger partial charge in [-0.15, -0.1) is 0 Å². The van der Waals surface area contributed by atoms with Gasteiger partial charge in [-0.05, 0) is 70.4 Å². The lowest BCUT2D eigenvalue weighted by molar-refractivity contribution is 0.0890. The molecular weight excluding hydrogens is 208 g/mol. The lowest BCUT2D eigenvalue weighted by Crippen LogP contribution is -2.45. The molecule has 2 heteroatoms. The maximum atomic E-state index is 6.01. The van der Waals surface area contributed by atoms with Gasteiger partial charge in [0.15, 0.2) is 0 Å². The number of nitrogens with two attached hydrogens (primary N) is 1. The summed E-state index contributed by atoms with van der Waals surface area (Å²) in [5.41, 5.74) is 6.01. The van der Waals surface area contributed by atoms with Gasteiger partial charge in [-0.3, -0.25) is 0 Å². The molecule has 0 amide bonds. The molecule has 1 saturated heterocycles. The van der Waals surface area contributed by atoms with Gasteiger partial charge in [0.1, 0.15) is 0 Å². The molecule has 1 aliphatic heterocycles. The number of nitrogens with zero attached hydrogens (tertiary/aromatic N) is 1. The minimum absolute atomic E-state index is 0.396. The predicted molar refractivity (Wildman–Crippen MR) is 74.0 cm³/mol. The van der Waals surface area contributed by atoms with Crippen molar-refractivity contribution < 1.29 is 0 Å². The topological polar surface area (TPSA) is 29.3 Å². The van der Waals surface area contributed by atoms with Crippen molar-refractivity contribution in [2.75, 3.05) is 13.1 Å². The molecule has 17 heavy (non-hydrogen) atoms. The van der Waals surface area contributed by atoms with E-state index in [1.807, 2.05) is 0 Å². The van der Waals surface area contributed by atoms with Gasteiger partial charge in [0.05, 0.1) is 0 Å². The van der Waals surface area contributed by atoms with Crippen LogP contribution >= 0.6 is 0 Å². The SMILES string of the molecule is CCC1CCC(N2CCC(C(C)N)CC2)CC1. The highest BCUT2D eigenvalue weighted by molar-refractivity contribution is 4.84. The Morgan fingerprint density at radius 1 is 1.06 bits per heavy atom. The van der Waals surface area contributed by atoms with Crippen molar-refractivity contribution in [3.63, 3.8) is 0 Å². The highest BCUT2D eigenvalue weighted by Crippen LogP contribution is 2.31. The molecule has 0 radical (unpaired) electrons. The summed E-state index contributed by atoms with van der Waals surface area (Å²) in [6, 6.07) is 1.29. The first kappa shape index (κ1) is 13.4. The van der Waals surface area contributed by atoms with E-state index in [4.69, 9.17) is 5.73 Å². The number of hydrogen-bond acceptors (Lipinski definition) is 2.